The molecule has 0 aromatic heterocycles. The average molecular weight is 301 g/mol. The summed E-state index contributed by atoms with van der Waals surface area (Å²) in [7, 11) is 3.99. The van der Waals surface area contributed by atoms with Crippen molar-refractivity contribution in [2.75, 3.05) is 27.2 Å². The Balaban J connectivity index is 4.08. The third-order valence-electron chi connectivity index (χ3n) is 3.21. The van der Waals surface area contributed by atoms with Crippen molar-refractivity contribution in [3.63, 3.8) is 0 Å². The smallest absolute Gasteiger partial charge is 0.315 e. The molecule has 0 heterocycles. The molecule has 3 N–H and O–H groups in total. The molecule has 0 saturated carbocycles. The van der Waals surface area contributed by atoms with Crippen molar-refractivity contribution >= 4 is 12.0 Å². The van der Waals surface area contributed by atoms with E-state index in [0.29, 0.717) is 12.5 Å². The number of carboxylic acid groups (broad SMARTS) is 1. The van der Waals surface area contributed by atoms with E-state index in [1.165, 1.54) is 0 Å². The standard InChI is InChI=1S/C15H31N3O3/c1-11(2)8-13(9-14(19)20)10-16-15(21)17-12(3)6-7-18(4)5/h11-13H,6-10H2,1-5H3,(H,19,20)(H2,16,17,21). The second-order valence-electron chi connectivity index (χ2n) is 6.44. The zero-order valence-electron chi connectivity index (χ0n) is 14.0. The maximum atomic E-state index is 11.8. The maximum absolute atomic E-state index is 11.8. The Kier molecular flexibility index (Phi) is 9.78. The summed E-state index contributed by atoms with van der Waals surface area (Å²) in [5.41, 5.74) is 0. The summed E-state index contributed by atoms with van der Waals surface area (Å²) in [5, 5.41) is 14.6. The Morgan fingerprint density at radius 3 is 2.29 bits per heavy atom. The third kappa shape index (κ3) is 12.2. The van der Waals surface area contributed by atoms with E-state index >= 15 is 0 Å². The van der Waals surface area contributed by atoms with E-state index in [9.17, 15) is 9.59 Å². The molecule has 6 nitrogen and oxygen atoms in total. The fourth-order valence-electron chi connectivity index (χ4n) is 2.19. The quantitative estimate of drug-likeness (QED) is 0.574. The SMILES string of the molecule is CC(C)CC(CNC(=O)NC(C)CCN(C)C)CC(=O)O. The van der Waals surface area contributed by atoms with Crippen molar-refractivity contribution in [1.29, 1.82) is 0 Å². The van der Waals surface area contributed by atoms with Gasteiger partial charge in [-0.05, 0) is 52.2 Å². The predicted molar refractivity (Wildman–Crippen MR) is 84.4 cm³/mol. The number of hydrogen-bond acceptors (Lipinski definition) is 3. The van der Waals surface area contributed by atoms with Crippen LogP contribution in [-0.2, 0) is 4.79 Å². The van der Waals surface area contributed by atoms with E-state index in [0.717, 1.165) is 19.4 Å². The first kappa shape index (κ1) is 19.7. The molecule has 0 saturated heterocycles. The molecule has 2 unspecified atom stereocenters. The number of urea groups is 1. The number of aliphatic carboxylic acids is 1. The molecule has 0 aliphatic heterocycles. The predicted octanol–water partition coefficient (Wildman–Crippen LogP) is 1.76. The van der Waals surface area contributed by atoms with Crippen molar-refractivity contribution in [2.45, 2.75) is 46.1 Å². The number of rotatable bonds is 10. The molecular weight excluding hydrogens is 270 g/mol. The second kappa shape index (κ2) is 10.4. The van der Waals surface area contributed by atoms with Crippen LogP contribution in [0, 0.1) is 11.8 Å². The summed E-state index contributed by atoms with van der Waals surface area (Å²) in [5.74, 6) is -0.425. The van der Waals surface area contributed by atoms with Crippen molar-refractivity contribution in [3.05, 3.63) is 0 Å². The van der Waals surface area contributed by atoms with Gasteiger partial charge in [0, 0.05) is 19.0 Å². The van der Waals surface area contributed by atoms with Crippen LogP contribution in [0.3, 0.4) is 0 Å². The topological polar surface area (TPSA) is 81.7 Å². The van der Waals surface area contributed by atoms with Crippen LogP contribution in [-0.4, -0.2) is 55.2 Å². The molecule has 0 aliphatic rings. The van der Waals surface area contributed by atoms with Gasteiger partial charge < -0.3 is 20.6 Å². The monoisotopic (exact) mass is 301 g/mol. The van der Waals surface area contributed by atoms with E-state index in [2.05, 4.69) is 29.4 Å². The van der Waals surface area contributed by atoms with Gasteiger partial charge in [0.25, 0.3) is 0 Å². The van der Waals surface area contributed by atoms with Gasteiger partial charge >= 0.3 is 12.0 Å². The molecule has 0 aliphatic carbocycles. The van der Waals surface area contributed by atoms with E-state index in [-0.39, 0.29) is 24.4 Å². The van der Waals surface area contributed by atoms with Crippen LogP contribution in [0.25, 0.3) is 0 Å². The largest absolute Gasteiger partial charge is 0.481 e. The zero-order chi connectivity index (χ0) is 16.4. The number of nitrogens with one attached hydrogen (secondary N) is 2. The molecule has 0 aromatic carbocycles. The van der Waals surface area contributed by atoms with Gasteiger partial charge in [-0.15, -0.1) is 0 Å². The van der Waals surface area contributed by atoms with E-state index < -0.39 is 5.97 Å². The van der Waals surface area contributed by atoms with Crippen LogP contribution in [0.2, 0.25) is 0 Å². The highest BCUT2D eigenvalue weighted by atomic mass is 16.4. The Labute approximate surface area is 128 Å². The van der Waals surface area contributed by atoms with Crippen LogP contribution < -0.4 is 10.6 Å². The molecule has 0 spiro atoms. The van der Waals surface area contributed by atoms with Crippen molar-refractivity contribution in [3.8, 4) is 0 Å². The van der Waals surface area contributed by atoms with E-state index in [1.807, 2.05) is 21.0 Å². The van der Waals surface area contributed by atoms with Crippen LogP contribution in [0.4, 0.5) is 4.79 Å². The lowest BCUT2D eigenvalue weighted by atomic mass is 9.94. The minimum atomic E-state index is -0.817. The molecule has 124 valence electrons. The number of hydrogen-bond donors (Lipinski definition) is 3. The van der Waals surface area contributed by atoms with Gasteiger partial charge in [-0.2, -0.15) is 0 Å². The minimum Gasteiger partial charge on any atom is -0.481 e. The molecule has 2 atom stereocenters. The normalized spacial score (nSPS) is 14.0. The fraction of sp³-hybridized carbons (Fsp3) is 0.867. The number of amides is 2. The Morgan fingerprint density at radius 2 is 1.81 bits per heavy atom. The molecule has 0 aromatic rings. The summed E-state index contributed by atoms with van der Waals surface area (Å²) in [6.45, 7) is 7.38. The lowest BCUT2D eigenvalue weighted by Gasteiger charge is -2.20. The molecule has 0 radical (unpaired) electrons. The molecule has 6 heteroatoms. The lowest BCUT2D eigenvalue weighted by Crippen LogP contribution is -2.43. The molecule has 2 amide bonds. The Hall–Kier alpha value is -1.30. The first-order valence-corrected chi connectivity index (χ1v) is 7.61. The number of carbonyl (C=O) groups is 2. The maximum Gasteiger partial charge on any atom is 0.315 e. The summed E-state index contributed by atoms with van der Waals surface area (Å²) < 4.78 is 0. The molecule has 0 rings (SSSR count). The fourth-order valence-corrected chi connectivity index (χ4v) is 2.19. The summed E-state index contributed by atoms with van der Waals surface area (Å²) in [4.78, 5) is 24.7. The first-order chi connectivity index (χ1) is 9.70. The van der Waals surface area contributed by atoms with Gasteiger partial charge in [-0.3, -0.25) is 4.79 Å². The van der Waals surface area contributed by atoms with Gasteiger partial charge in [-0.1, -0.05) is 13.8 Å². The van der Waals surface area contributed by atoms with Crippen molar-refractivity contribution < 1.29 is 14.7 Å². The Morgan fingerprint density at radius 1 is 1.19 bits per heavy atom. The van der Waals surface area contributed by atoms with Crippen molar-refractivity contribution in [2.24, 2.45) is 11.8 Å². The third-order valence-corrected chi connectivity index (χ3v) is 3.21. The zero-order valence-corrected chi connectivity index (χ0v) is 14.0. The van der Waals surface area contributed by atoms with Gasteiger partial charge in [0.2, 0.25) is 0 Å². The number of carbonyl (C=O) groups excluding carboxylic acids is 1. The highest BCUT2D eigenvalue weighted by molar-refractivity contribution is 5.74. The Bertz CT molecular complexity index is 319. The minimum absolute atomic E-state index is 0.0228. The highest BCUT2D eigenvalue weighted by Crippen LogP contribution is 2.14. The van der Waals surface area contributed by atoms with Crippen LogP contribution in [0.5, 0.6) is 0 Å². The molecular formula is C15H31N3O3. The number of carboxylic acids is 1. The van der Waals surface area contributed by atoms with Crippen molar-refractivity contribution in [1.82, 2.24) is 15.5 Å². The summed E-state index contributed by atoms with van der Waals surface area (Å²) in [6, 6.07) is -0.129. The first-order valence-electron chi connectivity index (χ1n) is 7.61. The average Bonchev–Trinajstić information content (AvgIpc) is 2.32. The van der Waals surface area contributed by atoms with Crippen LogP contribution in [0.15, 0.2) is 0 Å². The molecule has 0 bridgehead atoms. The molecule has 0 fully saturated rings. The molecule has 21 heavy (non-hydrogen) atoms. The van der Waals surface area contributed by atoms with Gasteiger partial charge in [0.05, 0.1) is 0 Å². The highest BCUT2D eigenvalue weighted by Gasteiger charge is 2.16. The summed E-state index contributed by atoms with van der Waals surface area (Å²) in [6.07, 6.45) is 1.77. The van der Waals surface area contributed by atoms with E-state index in [1.54, 1.807) is 0 Å². The van der Waals surface area contributed by atoms with Crippen LogP contribution >= 0.6 is 0 Å². The van der Waals surface area contributed by atoms with E-state index in [4.69, 9.17) is 5.11 Å². The van der Waals surface area contributed by atoms with Crippen LogP contribution in [0.1, 0.15) is 40.0 Å². The van der Waals surface area contributed by atoms with Gasteiger partial charge in [-0.25, -0.2) is 4.79 Å². The van der Waals surface area contributed by atoms with Gasteiger partial charge in [0.1, 0.15) is 0 Å². The second-order valence-corrected chi connectivity index (χ2v) is 6.44. The van der Waals surface area contributed by atoms with Gasteiger partial charge in [0.15, 0.2) is 0 Å². The lowest BCUT2D eigenvalue weighted by molar-refractivity contribution is -0.138. The summed E-state index contributed by atoms with van der Waals surface area (Å²) >= 11 is 0. The number of nitrogens with zero attached hydrogens (tertiary/aromatic N) is 1.